The molecule has 0 aliphatic heterocycles. The molecule has 0 N–H and O–H groups in total. The quantitative estimate of drug-likeness (QED) is 0.166. The summed E-state index contributed by atoms with van der Waals surface area (Å²) in [5, 5.41) is 8.28. The van der Waals surface area contributed by atoms with Gasteiger partial charge in [-0.25, -0.2) is 15.0 Å². The zero-order chi connectivity index (χ0) is 42.6. The van der Waals surface area contributed by atoms with E-state index >= 15 is 0 Å². The molecular weight excluding hydrogens is 787 g/mol. The molecule has 0 atom stereocenters. The van der Waals surface area contributed by atoms with Gasteiger partial charge in [0.1, 0.15) is 0 Å². The van der Waals surface area contributed by atoms with Crippen molar-refractivity contribution in [3.8, 4) is 67.4 Å². The van der Waals surface area contributed by atoms with Crippen molar-refractivity contribution in [1.29, 1.82) is 0 Å². The molecule has 2 aromatic heterocycles. The van der Waals surface area contributed by atoms with Crippen molar-refractivity contribution in [3.05, 3.63) is 247 Å². The number of benzene rings is 10. The minimum Gasteiger partial charge on any atom is -0.247 e. The van der Waals surface area contributed by atoms with Gasteiger partial charge in [-0.05, 0) is 90.3 Å². The van der Waals surface area contributed by atoms with Gasteiger partial charge in [0.05, 0.1) is 28.0 Å². The summed E-state index contributed by atoms with van der Waals surface area (Å²) >= 11 is 0. The predicted molar refractivity (Wildman–Crippen MR) is 268 cm³/mol. The van der Waals surface area contributed by atoms with Crippen molar-refractivity contribution in [2.45, 2.75) is 5.41 Å². The summed E-state index contributed by atoms with van der Waals surface area (Å²) in [5.74, 6) is 0.696. The topological polar surface area (TPSA) is 38.7 Å². The van der Waals surface area contributed by atoms with E-state index in [0.29, 0.717) is 5.82 Å². The summed E-state index contributed by atoms with van der Waals surface area (Å²) in [6.07, 6.45) is 0. The Labute approximate surface area is 376 Å². The average Bonchev–Trinajstić information content (AvgIpc) is 3.85. The molecule has 300 valence electrons. The SMILES string of the molecule is c1ccc2c(c1)-c1ccccc1C21c2ccccc2-c2c1ccc1c(-c3ccc(-c4cc(-c5ccc6ccccc6c5)nc(-c5ccc6ccccc6c5)n4)cc3)nc3ccccc3c21. The van der Waals surface area contributed by atoms with Crippen LogP contribution >= 0.6 is 0 Å². The third kappa shape index (κ3) is 5.21. The van der Waals surface area contributed by atoms with E-state index in [1.165, 1.54) is 66.1 Å². The third-order valence-corrected chi connectivity index (χ3v) is 14.1. The van der Waals surface area contributed by atoms with E-state index in [1.54, 1.807) is 0 Å². The highest BCUT2D eigenvalue weighted by Gasteiger charge is 2.52. The van der Waals surface area contributed by atoms with Crippen LogP contribution in [0.15, 0.2) is 224 Å². The molecule has 3 nitrogen and oxygen atoms in total. The molecule has 2 aliphatic rings. The molecule has 0 fully saturated rings. The number of aromatic nitrogens is 3. The smallest absolute Gasteiger partial charge is 0.160 e. The Balaban J connectivity index is 0.953. The van der Waals surface area contributed by atoms with Crippen LogP contribution in [0.5, 0.6) is 0 Å². The van der Waals surface area contributed by atoms with Crippen molar-refractivity contribution in [2.75, 3.05) is 0 Å². The van der Waals surface area contributed by atoms with Crippen molar-refractivity contribution in [2.24, 2.45) is 0 Å². The van der Waals surface area contributed by atoms with E-state index in [1.807, 2.05) is 0 Å². The van der Waals surface area contributed by atoms with Crippen LogP contribution in [-0.2, 0) is 5.41 Å². The number of para-hydroxylation sites is 1. The predicted octanol–water partition coefficient (Wildman–Crippen LogP) is 15.5. The van der Waals surface area contributed by atoms with Gasteiger partial charge in [0.15, 0.2) is 5.82 Å². The first-order valence-electron chi connectivity index (χ1n) is 22.3. The van der Waals surface area contributed by atoms with Crippen LogP contribution in [0, 0.1) is 0 Å². The lowest BCUT2D eigenvalue weighted by Gasteiger charge is -2.30. The fourth-order valence-electron chi connectivity index (χ4n) is 11.2. The minimum absolute atomic E-state index is 0.422. The Morgan fingerprint density at radius 3 is 1.51 bits per heavy atom. The Kier molecular flexibility index (Phi) is 7.61. The monoisotopic (exact) mass is 823 g/mol. The van der Waals surface area contributed by atoms with Gasteiger partial charge in [-0.3, -0.25) is 0 Å². The van der Waals surface area contributed by atoms with Crippen molar-refractivity contribution in [1.82, 2.24) is 15.0 Å². The molecule has 0 amide bonds. The van der Waals surface area contributed by atoms with Crippen molar-refractivity contribution in [3.63, 3.8) is 0 Å². The molecule has 0 radical (unpaired) electrons. The first-order chi connectivity index (χ1) is 32.2. The zero-order valence-electron chi connectivity index (χ0n) is 35.2. The summed E-state index contributed by atoms with van der Waals surface area (Å²) in [6.45, 7) is 0. The molecule has 14 rings (SSSR count). The maximum atomic E-state index is 5.45. The number of pyridine rings is 1. The van der Waals surface area contributed by atoms with Gasteiger partial charge in [-0.15, -0.1) is 0 Å². The summed E-state index contributed by atoms with van der Waals surface area (Å²) in [7, 11) is 0. The first kappa shape index (κ1) is 36.0. The van der Waals surface area contributed by atoms with E-state index in [9.17, 15) is 0 Å². The van der Waals surface area contributed by atoms with E-state index in [2.05, 4.69) is 224 Å². The van der Waals surface area contributed by atoms with E-state index < -0.39 is 5.41 Å². The number of rotatable bonds is 4. The molecule has 12 aromatic rings. The fraction of sp³-hybridized carbons (Fsp3) is 0.0161. The molecule has 0 bridgehead atoms. The van der Waals surface area contributed by atoms with Crippen molar-refractivity contribution < 1.29 is 0 Å². The van der Waals surface area contributed by atoms with Crippen LogP contribution in [0.25, 0.3) is 111 Å². The van der Waals surface area contributed by atoms with E-state index in [0.717, 1.165) is 61.0 Å². The molecule has 1 spiro atoms. The maximum Gasteiger partial charge on any atom is 0.160 e. The second kappa shape index (κ2) is 13.7. The highest BCUT2D eigenvalue weighted by molar-refractivity contribution is 6.20. The highest BCUT2D eigenvalue weighted by Crippen LogP contribution is 2.64. The van der Waals surface area contributed by atoms with Gasteiger partial charge in [-0.2, -0.15) is 0 Å². The average molecular weight is 824 g/mol. The summed E-state index contributed by atoms with van der Waals surface area (Å²) in [6, 6.07) is 81.4. The number of hydrogen-bond acceptors (Lipinski definition) is 3. The van der Waals surface area contributed by atoms with Gasteiger partial charge in [0.2, 0.25) is 0 Å². The van der Waals surface area contributed by atoms with Crippen LogP contribution in [0.4, 0.5) is 0 Å². The summed E-state index contributed by atoms with van der Waals surface area (Å²) in [4.78, 5) is 15.9. The molecule has 0 saturated carbocycles. The second-order valence-electron chi connectivity index (χ2n) is 17.4. The molecule has 2 aliphatic carbocycles. The van der Waals surface area contributed by atoms with Gasteiger partial charge < -0.3 is 0 Å². The van der Waals surface area contributed by atoms with Crippen LogP contribution in [0.1, 0.15) is 22.3 Å². The maximum absolute atomic E-state index is 5.45. The molecule has 65 heavy (non-hydrogen) atoms. The Bertz CT molecular complexity index is 3810. The lowest BCUT2D eigenvalue weighted by molar-refractivity contribution is 0.794. The lowest BCUT2D eigenvalue weighted by atomic mass is 9.70. The van der Waals surface area contributed by atoms with Crippen molar-refractivity contribution >= 4 is 43.2 Å². The molecular formula is C62H37N3. The van der Waals surface area contributed by atoms with Crippen LogP contribution in [0.2, 0.25) is 0 Å². The number of nitrogens with zero attached hydrogens (tertiary/aromatic N) is 3. The van der Waals surface area contributed by atoms with Gasteiger partial charge in [0, 0.05) is 38.4 Å². The summed E-state index contributed by atoms with van der Waals surface area (Å²) < 4.78 is 0. The minimum atomic E-state index is -0.422. The van der Waals surface area contributed by atoms with Crippen LogP contribution in [-0.4, -0.2) is 15.0 Å². The van der Waals surface area contributed by atoms with Crippen LogP contribution < -0.4 is 0 Å². The lowest BCUT2D eigenvalue weighted by Crippen LogP contribution is -2.25. The van der Waals surface area contributed by atoms with Gasteiger partial charge in [-0.1, -0.05) is 200 Å². The third-order valence-electron chi connectivity index (χ3n) is 14.1. The standard InChI is InChI=1S/C62H37N3/c1-3-15-42-35-44(31-25-38(42)13-1)57-37-56(64-61(65-57)45-32-26-39-14-2-4-16-43(39)36-45)40-27-29-41(30-28-40)60-50-33-34-54-59(58(50)49-20-8-12-24-55(49)63-60)48-19-7-11-23-53(48)62(54)51-21-9-5-17-46(51)47-18-6-10-22-52(47)62/h1-37H. The Morgan fingerprint density at radius 2 is 0.815 bits per heavy atom. The summed E-state index contributed by atoms with van der Waals surface area (Å²) in [5.41, 5.74) is 17.9. The highest BCUT2D eigenvalue weighted by atomic mass is 14.9. The Morgan fingerprint density at radius 1 is 0.308 bits per heavy atom. The van der Waals surface area contributed by atoms with E-state index in [-0.39, 0.29) is 0 Å². The molecule has 10 aromatic carbocycles. The molecule has 3 heteroatoms. The van der Waals surface area contributed by atoms with Gasteiger partial charge in [0.25, 0.3) is 0 Å². The van der Waals surface area contributed by atoms with Crippen LogP contribution in [0.3, 0.4) is 0 Å². The molecule has 0 unspecified atom stereocenters. The second-order valence-corrected chi connectivity index (χ2v) is 17.4. The molecule has 2 heterocycles. The zero-order valence-corrected chi connectivity index (χ0v) is 35.2. The first-order valence-corrected chi connectivity index (χ1v) is 22.3. The number of fused-ring (bicyclic) bond motifs is 16. The van der Waals surface area contributed by atoms with E-state index in [4.69, 9.17) is 15.0 Å². The fourth-order valence-corrected chi connectivity index (χ4v) is 11.2. The normalized spacial score (nSPS) is 13.0. The number of hydrogen-bond donors (Lipinski definition) is 0. The van der Waals surface area contributed by atoms with Gasteiger partial charge >= 0.3 is 0 Å². The largest absolute Gasteiger partial charge is 0.247 e. The molecule has 0 saturated heterocycles. The Hall–Kier alpha value is -8.53.